The molecule has 0 spiro atoms. The van der Waals surface area contributed by atoms with Crippen molar-refractivity contribution in [2.24, 2.45) is 0 Å². The van der Waals surface area contributed by atoms with Gasteiger partial charge in [0.25, 0.3) is 0 Å². The number of aromatic nitrogens is 1. The molecular formula is C25H30N2O4. The van der Waals surface area contributed by atoms with Gasteiger partial charge >= 0.3 is 5.97 Å². The van der Waals surface area contributed by atoms with Crippen LogP contribution in [0.25, 0.3) is 6.08 Å². The number of carbonyl (C=O) groups excluding carboxylic acids is 2. The number of unbranched alkanes of at least 4 members (excludes halogenated alkanes) is 3. The Morgan fingerprint density at radius 1 is 1.03 bits per heavy atom. The highest BCUT2D eigenvalue weighted by Crippen LogP contribution is 2.24. The quantitative estimate of drug-likeness (QED) is 0.168. The standard InChI is InChI=1S/C25H30N2O4/c1-5-7-8-9-14-31-21-12-10-19(11-13-21)15-20(16-26)24(28)22-17(3)27-18(4)23(22)25(29)30-6-2/h10-13,15,27H,5-9,14H2,1-4H3/b20-15+. The first-order chi connectivity index (χ1) is 14.9. The largest absolute Gasteiger partial charge is 0.494 e. The van der Waals surface area contributed by atoms with Crippen molar-refractivity contribution in [3.63, 3.8) is 0 Å². The van der Waals surface area contributed by atoms with Crippen molar-refractivity contribution in [3.8, 4) is 11.8 Å². The van der Waals surface area contributed by atoms with Gasteiger partial charge in [0.05, 0.1) is 24.3 Å². The molecule has 0 aliphatic rings. The summed E-state index contributed by atoms with van der Waals surface area (Å²) >= 11 is 0. The predicted octanol–water partition coefficient (Wildman–Crippen LogP) is 5.56. The van der Waals surface area contributed by atoms with E-state index < -0.39 is 11.8 Å². The van der Waals surface area contributed by atoms with E-state index in [0.717, 1.165) is 18.6 Å². The van der Waals surface area contributed by atoms with Gasteiger partial charge in [-0.2, -0.15) is 5.26 Å². The van der Waals surface area contributed by atoms with Crippen LogP contribution in [-0.4, -0.2) is 30.0 Å². The van der Waals surface area contributed by atoms with Gasteiger partial charge in [0.15, 0.2) is 0 Å². The molecule has 0 radical (unpaired) electrons. The number of carbonyl (C=O) groups is 2. The molecule has 164 valence electrons. The second-order valence-corrected chi connectivity index (χ2v) is 7.32. The van der Waals surface area contributed by atoms with Gasteiger partial charge in [-0.3, -0.25) is 4.79 Å². The molecule has 1 aromatic carbocycles. The highest BCUT2D eigenvalue weighted by Gasteiger charge is 2.27. The molecular weight excluding hydrogens is 392 g/mol. The minimum atomic E-state index is -0.578. The SMILES string of the molecule is CCCCCCOc1ccc(/C=C(\C#N)C(=O)c2c(C)[nH]c(C)c2C(=O)OCC)cc1. The number of nitrogens with one attached hydrogen (secondary N) is 1. The molecule has 0 fully saturated rings. The first-order valence-electron chi connectivity index (χ1n) is 10.7. The third kappa shape index (κ3) is 6.32. The number of aryl methyl sites for hydroxylation is 2. The van der Waals surface area contributed by atoms with E-state index in [1.165, 1.54) is 18.9 Å². The van der Waals surface area contributed by atoms with Crippen LogP contribution >= 0.6 is 0 Å². The summed E-state index contributed by atoms with van der Waals surface area (Å²) < 4.78 is 10.8. The molecule has 0 saturated carbocycles. The molecule has 1 aromatic heterocycles. The molecule has 0 saturated heterocycles. The maximum absolute atomic E-state index is 13.1. The van der Waals surface area contributed by atoms with E-state index in [2.05, 4.69) is 11.9 Å². The molecule has 31 heavy (non-hydrogen) atoms. The van der Waals surface area contributed by atoms with Gasteiger partial charge in [-0.25, -0.2) is 4.79 Å². The lowest BCUT2D eigenvalue weighted by Gasteiger charge is -2.07. The van der Waals surface area contributed by atoms with Crippen LogP contribution in [0.1, 0.15) is 77.2 Å². The van der Waals surface area contributed by atoms with Crippen molar-refractivity contribution in [2.75, 3.05) is 13.2 Å². The predicted molar refractivity (Wildman–Crippen MR) is 120 cm³/mol. The average molecular weight is 423 g/mol. The fourth-order valence-corrected chi connectivity index (χ4v) is 3.35. The highest BCUT2D eigenvalue weighted by atomic mass is 16.5. The van der Waals surface area contributed by atoms with Gasteiger partial charge in [-0.05, 0) is 51.0 Å². The van der Waals surface area contributed by atoms with Crippen molar-refractivity contribution in [2.45, 2.75) is 53.4 Å². The molecule has 1 heterocycles. The van der Waals surface area contributed by atoms with Gasteiger partial charge in [0, 0.05) is 11.4 Å². The molecule has 2 aromatic rings. The molecule has 0 amide bonds. The van der Waals surface area contributed by atoms with Gasteiger partial charge in [-0.1, -0.05) is 38.3 Å². The molecule has 6 heteroatoms. The third-order valence-corrected chi connectivity index (χ3v) is 4.90. The van der Waals surface area contributed by atoms with Gasteiger partial charge in [-0.15, -0.1) is 0 Å². The molecule has 6 nitrogen and oxygen atoms in total. The molecule has 1 N–H and O–H groups in total. The number of esters is 1. The number of ether oxygens (including phenoxy) is 2. The maximum atomic E-state index is 13.1. The number of H-pyrrole nitrogens is 1. The smallest absolute Gasteiger partial charge is 0.340 e. The number of hydrogen-bond acceptors (Lipinski definition) is 5. The minimum Gasteiger partial charge on any atom is -0.494 e. The number of allylic oxidation sites excluding steroid dienone is 1. The lowest BCUT2D eigenvalue weighted by molar-refractivity contribution is 0.0523. The molecule has 2 rings (SSSR count). The summed E-state index contributed by atoms with van der Waals surface area (Å²) in [7, 11) is 0. The number of hydrogen-bond donors (Lipinski definition) is 1. The molecule has 0 atom stereocenters. The second-order valence-electron chi connectivity index (χ2n) is 7.32. The Labute approximate surface area is 183 Å². The van der Waals surface area contributed by atoms with Crippen molar-refractivity contribution >= 4 is 17.8 Å². The molecule has 0 aliphatic heterocycles. The molecule has 0 bridgehead atoms. The zero-order valence-electron chi connectivity index (χ0n) is 18.7. The van der Waals surface area contributed by atoms with E-state index in [4.69, 9.17) is 9.47 Å². The van der Waals surface area contributed by atoms with Gasteiger partial charge < -0.3 is 14.5 Å². The van der Waals surface area contributed by atoms with E-state index in [9.17, 15) is 14.9 Å². The summed E-state index contributed by atoms with van der Waals surface area (Å²) in [6, 6.07) is 9.20. The van der Waals surface area contributed by atoms with Crippen LogP contribution in [0.2, 0.25) is 0 Å². The van der Waals surface area contributed by atoms with Crippen molar-refractivity contribution in [1.82, 2.24) is 4.98 Å². The Kier molecular flexibility index (Phi) is 9.08. The fourth-order valence-electron chi connectivity index (χ4n) is 3.35. The summed E-state index contributed by atoms with van der Waals surface area (Å²) in [5.74, 6) is -0.339. The first-order valence-corrected chi connectivity index (χ1v) is 10.7. The lowest BCUT2D eigenvalue weighted by atomic mass is 9.98. The number of nitrogens with zero attached hydrogens (tertiary/aromatic N) is 1. The Bertz CT molecular complexity index is 978. The zero-order chi connectivity index (χ0) is 22.8. The van der Waals surface area contributed by atoms with Crippen molar-refractivity contribution in [1.29, 1.82) is 5.26 Å². The average Bonchev–Trinajstić information content (AvgIpc) is 3.06. The van der Waals surface area contributed by atoms with Crippen LogP contribution in [0.5, 0.6) is 5.75 Å². The monoisotopic (exact) mass is 422 g/mol. The van der Waals surface area contributed by atoms with Crippen molar-refractivity contribution in [3.05, 3.63) is 57.9 Å². The van der Waals surface area contributed by atoms with Gasteiger partial charge in [0.1, 0.15) is 17.4 Å². The highest BCUT2D eigenvalue weighted by molar-refractivity contribution is 6.19. The van der Waals surface area contributed by atoms with E-state index in [0.29, 0.717) is 23.6 Å². The summed E-state index contributed by atoms with van der Waals surface area (Å²) in [6.07, 6.45) is 6.07. The van der Waals surface area contributed by atoms with E-state index in [1.807, 2.05) is 18.2 Å². The van der Waals surface area contributed by atoms with Crippen LogP contribution in [0.4, 0.5) is 0 Å². The minimum absolute atomic E-state index is 0.0547. The number of aromatic amines is 1. The van der Waals surface area contributed by atoms with Crippen LogP contribution in [0.15, 0.2) is 29.8 Å². The summed E-state index contributed by atoms with van der Waals surface area (Å²) in [4.78, 5) is 28.4. The Hall–Kier alpha value is -3.33. The molecule has 0 unspecified atom stereocenters. The van der Waals surface area contributed by atoms with Gasteiger partial charge in [0.2, 0.25) is 5.78 Å². The van der Waals surface area contributed by atoms with Crippen molar-refractivity contribution < 1.29 is 19.1 Å². The molecule has 0 aliphatic carbocycles. The Morgan fingerprint density at radius 3 is 2.32 bits per heavy atom. The zero-order valence-corrected chi connectivity index (χ0v) is 18.7. The third-order valence-electron chi connectivity index (χ3n) is 4.90. The van der Waals surface area contributed by atoms with Crippen LogP contribution in [0.3, 0.4) is 0 Å². The maximum Gasteiger partial charge on any atom is 0.340 e. The Morgan fingerprint density at radius 2 is 1.71 bits per heavy atom. The van der Waals surface area contributed by atoms with Crippen LogP contribution < -0.4 is 4.74 Å². The normalized spacial score (nSPS) is 11.1. The number of ketones is 1. The second kappa shape index (κ2) is 11.8. The fraction of sp³-hybridized carbons (Fsp3) is 0.400. The number of Topliss-reactive ketones (excluding diaryl/α,β-unsaturated/α-hetero) is 1. The van der Waals surface area contributed by atoms with E-state index in [-0.39, 0.29) is 23.3 Å². The number of benzene rings is 1. The van der Waals surface area contributed by atoms with Crippen LogP contribution in [-0.2, 0) is 4.74 Å². The Balaban J connectivity index is 2.20. The lowest BCUT2D eigenvalue weighted by Crippen LogP contribution is -2.13. The summed E-state index contributed by atoms with van der Waals surface area (Å²) in [6.45, 7) is 8.14. The van der Waals surface area contributed by atoms with E-state index >= 15 is 0 Å². The van der Waals surface area contributed by atoms with E-state index in [1.54, 1.807) is 32.9 Å². The first kappa shape index (κ1) is 23.9. The van der Waals surface area contributed by atoms with Crippen LogP contribution in [0, 0.1) is 25.2 Å². The number of nitriles is 1. The number of rotatable bonds is 11. The summed E-state index contributed by atoms with van der Waals surface area (Å²) in [5, 5.41) is 9.60. The topological polar surface area (TPSA) is 92.2 Å². The summed E-state index contributed by atoms with van der Waals surface area (Å²) in [5.41, 5.74) is 2.07.